The largest absolute Gasteiger partial charge is 0.484 e. The summed E-state index contributed by atoms with van der Waals surface area (Å²) in [7, 11) is 1.53. The zero-order chi connectivity index (χ0) is 12.3. The Hall–Kier alpha value is -1.40. The second kappa shape index (κ2) is 6.51. The number of alkyl halides is 1. The average Bonchev–Trinajstić information content (AvgIpc) is 2.75. The van der Waals surface area contributed by atoms with E-state index in [0.29, 0.717) is 24.5 Å². The van der Waals surface area contributed by atoms with Crippen LogP contribution in [0.15, 0.2) is 18.3 Å². The number of hydrogen-bond donors (Lipinski definition) is 2. The van der Waals surface area contributed by atoms with Crippen molar-refractivity contribution < 1.29 is 13.9 Å². The van der Waals surface area contributed by atoms with Gasteiger partial charge in [-0.1, -0.05) is 0 Å². The van der Waals surface area contributed by atoms with E-state index in [2.05, 4.69) is 15.6 Å². The molecule has 0 unspecified atom stereocenters. The highest BCUT2D eigenvalue weighted by Crippen LogP contribution is 2.16. The highest BCUT2D eigenvalue weighted by Gasteiger charge is 2.28. The SMILES string of the molecule is CNC(=O)c1ccc(O[C@@H]2CNC[C@@H]2F)cn1.Cl. The number of aromatic nitrogens is 1. The fourth-order valence-corrected chi connectivity index (χ4v) is 1.63. The molecule has 1 aliphatic heterocycles. The quantitative estimate of drug-likeness (QED) is 0.846. The van der Waals surface area contributed by atoms with Crippen molar-refractivity contribution in [2.45, 2.75) is 12.3 Å². The highest BCUT2D eigenvalue weighted by atomic mass is 35.5. The third-order valence-electron chi connectivity index (χ3n) is 2.57. The van der Waals surface area contributed by atoms with Crippen LogP contribution in [0.25, 0.3) is 0 Å². The van der Waals surface area contributed by atoms with Crippen molar-refractivity contribution in [3.8, 4) is 5.75 Å². The van der Waals surface area contributed by atoms with Crippen LogP contribution in [0.3, 0.4) is 0 Å². The van der Waals surface area contributed by atoms with Gasteiger partial charge in [0.2, 0.25) is 0 Å². The molecule has 1 aromatic rings. The molecule has 2 rings (SSSR count). The standard InChI is InChI=1S/C11H14FN3O2.ClH/c1-13-11(16)9-3-2-7(4-15-9)17-10-6-14-5-8(10)12;/h2-4,8,10,14H,5-6H2,1H3,(H,13,16);1H/t8-,10+;/m0./s1. The molecule has 1 fully saturated rings. The zero-order valence-electron chi connectivity index (χ0n) is 9.85. The zero-order valence-corrected chi connectivity index (χ0v) is 10.7. The summed E-state index contributed by atoms with van der Waals surface area (Å²) in [4.78, 5) is 15.2. The minimum absolute atomic E-state index is 0. The summed E-state index contributed by atoms with van der Waals surface area (Å²) >= 11 is 0. The van der Waals surface area contributed by atoms with Crippen LogP contribution in [0.2, 0.25) is 0 Å². The first-order valence-electron chi connectivity index (χ1n) is 5.40. The molecule has 0 saturated carbocycles. The summed E-state index contributed by atoms with van der Waals surface area (Å²) in [5, 5.41) is 5.37. The lowest BCUT2D eigenvalue weighted by Crippen LogP contribution is -2.27. The molecule has 100 valence electrons. The van der Waals surface area contributed by atoms with Crippen molar-refractivity contribution in [3.05, 3.63) is 24.0 Å². The van der Waals surface area contributed by atoms with E-state index in [0.717, 1.165) is 0 Å². The van der Waals surface area contributed by atoms with E-state index >= 15 is 0 Å². The van der Waals surface area contributed by atoms with Gasteiger partial charge in [-0.15, -0.1) is 12.4 Å². The van der Waals surface area contributed by atoms with Gasteiger partial charge in [-0.2, -0.15) is 0 Å². The van der Waals surface area contributed by atoms with Crippen molar-refractivity contribution >= 4 is 18.3 Å². The molecule has 18 heavy (non-hydrogen) atoms. The number of rotatable bonds is 3. The van der Waals surface area contributed by atoms with Crippen molar-refractivity contribution in [1.29, 1.82) is 0 Å². The number of carbonyl (C=O) groups is 1. The molecule has 1 saturated heterocycles. The maximum Gasteiger partial charge on any atom is 0.269 e. The van der Waals surface area contributed by atoms with Gasteiger partial charge in [0.05, 0.1) is 6.20 Å². The minimum Gasteiger partial charge on any atom is -0.484 e. The van der Waals surface area contributed by atoms with Crippen molar-refractivity contribution in [3.63, 3.8) is 0 Å². The number of pyridine rings is 1. The Kier molecular flexibility index (Phi) is 5.30. The van der Waals surface area contributed by atoms with E-state index in [1.165, 1.54) is 13.2 Å². The Bertz CT molecular complexity index is 402. The highest BCUT2D eigenvalue weighted by molar-refractivity contribution is 5.91. The van der Waals surface area contributed by atoms with Gasteiger partial charge in [-0.05, 0) is 12.1 Å². The van der Waals surface area contributed by atoms with E-state index in [1.807, 2.05) is 0 Å². The minimum atomic E-state index is -1.01. The second-order valence-electron chi connectivity index (χ2n) is 3.79. The van der Waals surface area contributed by atoms with Crippen LogP contribution in [-0.4, -0.2) is 43.3 Å². The Morgan fingerprint density at radius 1 is 1.56 bits per heavy atom. The average molecular weight is 276 g/mol. The van der Waals surface area contributed by atoms with Crippen LogP contribution in [0.5, 0.6) is 5.75 Å². The lowest BCUT2D eigenvalue weighted by Gasteiger charge is -2.14. The van der Waals surface area contributed by atoms with Crippen LogP contribution in [0.1, 0.15) is 10.5 Å². The van der Waals surface area contributed by atoms with Crippen molar-refractivity contribution in [2.24, 2.45) is 0 Å². The Labute approximate surface area is 111 Å². The molecule has 2 atom stereocenters. The molecule has 0 radical (unpaired) electrons. The predicted molar refractivity (Wildman–Crippen MR) is 67.1 cm³/mol. The topological polar surface area (TPSA) is 63.2 Å². The summed E-state index contributed by atoms with van der Waals surface area (Å²) < 4.78 is 18.7. The predicted octanol–water partition coefficient (Wildman–Crippen LogP) is 0.552. The summed E-state index contributed by atoms with van der Waals surface area (Å²) in [6, 6.07) is 3.16. The Balaban J connectivity index is 0.00000162. The smallest absolute Gasteiger partial charge is 0.269 e. The third kappa shape index (κ3) is 3.30. The molecule has 0 aromatic carbocycles. The number of amides is 1. The summed E-state index contributed by atoms with van der Waals surface area (Å²) in [5.41, 5.74) is 0.307. The number of ether oxygens (including phenoxy) is 1. The lowest BCUT2D eigenvalue weighted by atomic mass is 10.3. The monoisotopic (exact) mass is 275 g/mol. The molecule has 0 aliphatic carbocycles. The molecule has 1 aromatic heterocycles. The second-order valence-corrected chi connectivity index (χ2v) is 3.79. The molecule has 2 N–H and O–H groups in total. The molecule has 0 spiro atoms. The molecular formula is C11H15ClFN3O2. The van der Waals surface area contributed by atoms with E-state index in [9.17, 15) is 9.18 Å². The third-order valence-corrected chi connectivity index (χ3v) is 2.57. The first-order chi connectivity index (χ1) is 8.20. The normalized spacial score (nSPS) is 22.1. The van der Waals surface area contributed by atoms with Crippen LogP contribution < -0.4 is 15.4 Å². The molecule has 2 heterocycles. The van der Waals surface area contributed by atoms with E-state index in [4.69, 9.17) is 4.74 Å². The fourth-order valence-electron chi connectivity index (χ4n) is 1.63. The van der Waals surface area contributed by atoms with Crippen LogP contribution in [0, 0.1) is 0 Å². The Morgan fingerprint density at radius 2 is 2.33 bits per heavy atom. The van der Waals surface area contributed by atoms with Gasteiger partial charge in [0, 0.05) is 20.1 Å². The first kappa shape index (κ1) is 14.7. The van der Waals surface area contributed by atoms with Crippen LogP contribution >= 0.6 is 12.4 Å². The van der Waals surface area contributed by atoms with Gasteiger partial charge in [0.15, 0.2) is 6.17 Å². The number of carbonyl (C=O) groups excluding carboxylic acids is 1. The molecule has 1 aliphatic rings. The van der Waals surface area contributed by atoms with E-state index in [1.54, 1.807) is 12.1 Å². The lowest BCUT2D eigenvalue weighted by molar-refractivity contribution is 0.0957. The van der Waals surface area contributed by atoms with Crippen LogP contribution in [-0.2, 0) is 0 Å². The van der Waals surface area contributed by atoms with Gasteiger partial charge in [-0.25, -0.2) is 9.37 Å². The maximum atomic E-state index is 13.3. The maximum absolute atomic E-state index is 13.3. The van der Waals surface area contributed by atoms with Crippen molar-refractivity contribution in [1.82, 2.24) is 15.6 Å². The number of halogens is 2. The molecular weight excluding hydrogens is 261 g/mol. The number of nitrogens with zero attached hydrogens (tertiary/aromatic N) is 1. The number of hydrogen-bond acceptors (Lipinski definition) is 4. The molecule has 5 nitrogen and oxygen atoms in total. The van der Waals surface area contributed by atoms with Gasteiger partial charge < -0.3 is 15.4 Å². The van der Waals surface area contributed by atoms with Gasteiger partial charge in [0.25, 0.3) is 5.91 Å². The summed E-state index contributed by atoms with van der Waals surface area (Å²) in [6.45, 7) is 0.798. The fraction of sp³-hybridized carbons (Fsp3) is 0.455. The van der Waals surface area contributed by atoms with Gasteiger partial charge in [0.1, 0.15) is 17.5 Å². The summed E-state index contributed by atoms with van der Waals surface area (Å²) in [5.74, 6) is 0.205. The van der Waals surface area contributed by atoms with Gasteiger partial charge in [-0.3, -0.25) is 4.79 Å². The number of nitrogens with one attached hydrogen (secondary N) is 2. The van der Waals surface area contributed by atoms with Gasteiger partial charge >= 0.3 is 0 Å². The summed E-state index contributed by atoms with van der Waals surface area (Å²) in [6.07, 6.45) is -0.0634. The van der Waals surface area contributed by atoms with E-state index in [-0.39, 0.29) is 18.3 Å². The Morgan fingerprint density at radius 3 is 2.83 bits per heavy atom. The first-order valence-corrected chi connectivity index (χ1v) is 5.40. The molecule has 1 amide bonds. The van der Waals surface area contributed by atoms with Crippen LogP contribution in [0.4, 0.5) is 4.39 Å². The molecule has 0 bridgehead atoms. The molecule has 7 heteroatoms. The van der Waals surface area contributed by atoms with E-state index < -0.39 is 12.3 Å². The van der Waals surface area contributed by atoms with Crippen molar-refractivity contribution in [2.75, 3.05) is 20.1 Å².